The van der Waals surface area contributed by atoms with Gasteiger partial charge in [0.25, 0.3) is 0 Å². The van der Waals surface area contributed by atoms with Crippen molar-refractivity contribution in [2.24, 2.45) is 0 Å². The molecule has 6 rings (SSSR count). The van der Waals surface area contributed by atoms with Crippen molar-refractivity contribution in [1.82, 2.24) is 4.57 Å². The number of rotatable bonds is 4. The molecule has 0 aliphatic rings. The van der Waals surface area contributed by atoms with Gasteiger partial charge in [-0.2, -0.15) is 0 Å². The summed E-state index contributed by atoms with van der Waals surface area (Å²) in [5.74, 6) is -1.70. The van der Waals surface area contributed by atoms with E-state index in [1.165, 1.54) is 24.3 Å². The summed E-state index contributed by atoms with van der Waals surface area (Å²) in [4.78, 5) is 12.1. The van der Waals surface area contributed by atoms with Gasteiger partial charge in [0.15, 0.2) is 0 Å². The molecule has 36 heavy (non-hydrogen) atoms. The fourth-order valence-corrected chi connectivity index (χ4v) is 4.82. The Morgan fingerprint density at radius 2 is 1.08 bits per heavy atom. The molecule has 0 amide bonds. The molecule has 0 saturated heterocycles. The summed E-state index contributed by atoms with van der Waals surface area (Å²) in [6, 6.07) is 31.3. The van der Waals surface area contributed by atoms with E-state index in [-0.39, 0.29) is 17.2 Å². The highest BCUT2D eigenvalue weighted by molar-refractivity contribution is 6.12. The van der Waals surface area contributed by atoms with Crippen molar-refractivity contribution in [3.8, 4) is 27.9 Å². The summed E-state index contributed by atoms with van der Waals surface area (Å²) in [6.45, 7) is 0. The molecule has 1 heterocycles. The van der Waals surface area contributed by atoms with Crippen LogP contribution in [0.15, 0.2) is 109 Å². The van der Waals surface area contributed by atoms with Gasteiger partial charge < -0.3 is 9.67 Å². The van der Waals surface area contributed by atoms with Crippen LogP contribution in [-0.4, -0.2) is 15.6 Å². The molecule has 5 aromatic carbocycles. The van der Waals surface area contributed by atoms with Crippen LogP contribution >= 0.6 is 0 Å². The van der Waals surface area contributed by atoms with Gasteiger partial charge in [-0.25, -0.2) is 13.6 Å². The average Bonchev–Trinajstić information content (AvgIpc) is 3.21. The van der Waals surface area contributed by atoms with Crippen LogP contribution < -0.4 is 0 Å². The van der Waals surface area contributed by atoms with Gasteiger partial charge in [-0.15, -0.1) is 0 Å². The van der Waals surface area contributed by atoms with Crippen molar-refractivity contribution in [3.05, 3.63) is 126 Å². The number of aromatic nitrogens is 1. The maximum atomic E-state index is 14.0. The Morgan fingerprint density at radius 3 is 1.58 bits per heavy atom. The minimum absolute atomic E-state index is 0.156. The van der Waals surface area contributed by atoms with E-state index < -0.39 is 5.97 Å². The summed E-state index contributed by atoms with van der Waals surface area (Å²) in [7, 11) is 0. The van der Waals surface area contributed by atoms with Crippen LogP contribution in [0.1, 0.15) is 10.4 Å². The Labute approximate surface area is 205 Å². The molecule has 0 aliphatic heterocycles. The van der Waals surface area contributed by atoms with E-state index in [0.29, 0.717) is 5.69 Å². The summed E-state index contributed by atoms with van der Waals surface area (Å²) in [5.41, 5.74) is 5.31. The first-order chi connectivity index (χ1) is 17.5. The van der Waals surface area contributed by atoms with Crippen LogP contribution in [0.4, 0.5) is 8.78 Å². The van der Waals surface area contributed by atoms with Gasteiger partial charge >= 0.3 is 5.97 Å². The molecular weight excluding hydrogens is 456 g/mol. The smallest absolute Gasteiger partial charge is 0.337 e. The van der Waals surface area contributed by atoms with E-state index in [0.717, 1.165) is 44.1 Å². The first-order valence-electron chi connectivity index (χ1n) is 11.4. The zero-order chi connectivity index (χ0) is 24.8. The second-order valence-corrected chi connectivity index (χ2v) is 8.64. The van der Waals surface area contributed by atoms with E-state index in [4.69, 9.17) is 0 Å². The quantitative estimate of drug-likeness (QED) is 0.280. The first kappa shape index (κ1) is 21.7. The maximum absolute atomic E-state index is 14.0. The number of benzene rings is 5. The second kappa shape index (κ2) is 8.47. The number of carbonyl (C=O) groups is 1. The van der Waals surface area contributed by atoms with Crippen LogP contribution in [0, 0.1) is 11.6 Å². The molecule has 0 saturated carbocycles. The topological polar surface area (TPSA) is 42.2 Å². The highest BCUT2D eigenvalue weighted by Gasteiger charge is 2.19. The summed E-state index contributed by atoms with van der Waals surface area (Å²) in [6.07, 6.45) is 0. The predicted molar refractivity (Wildman–Crippen MR) is 139 cm³/mol. The number of hydrogen-bond acceptors (Lipinski definition) is 1. The SMILES string of the molecule is O=C(O)c1ccccc1-n1c2cc(-c3cccc(F)c3)ccc2c2ccc(-c3cccc(F)c3)cc21. The molecule has 5 heteroatoms. The number of carboxylic acids is 1. The molecule has 3 nitrogen and oxygen atoms in total. The van der Waals surface area contributed by atoms with E-state index in [1.807, 2.05) is 53.1 Å². The molecular formula is C31H19F2NO2. The lowest BCUT2D eigenvalue weighted by molar-refractivity contribution is 0.0697. The lowest BCUT2D eigenvalue weighted by Gasteiger charge is -2.12. The Morgan fingerprint density at radius 1 is 0.583 bits per heavy atom. The summed E-state index contributed by atoms with van der Waals surface area (Å²) < 4.78 is 29.8. The molecule has 174 valence electrons. The van der Waals surface area contributed by atoms with Gasteiger partial charge in [-0.3, -0.25) is 0 Å². The Balaban J connectivity index is 1.70. The van der Waals surface area contributed by atoms with Crippen LogP contribution in [-0.2, 0) is 0 Å². The van der Waals surface area contributed by atoms with Crippen LogP contribution in [0.25, 0.3) is 49.7 Å². The standard InChI is InChI=1S/C31H19F2NO2/c32-23-7-3-5-19(15-23)21-11-13-25-26-14-12-22(20-6-4-8-24(33)16-20)18-30(26)34(29(25)17-21)28-10-2-1-9-27(28)31(35)36/h1-18H,(H,35,36). The van der Waals surface area contributed by atoms with Gasteiger partial charge in [0.1, 0.15) is 11.6 Å². The highest BCUT2D eigenvalue weighted by atomic mass is 19.1. The molecule has 0 bridgehead atoms. The number of halogens is 2. The maximum Gasteiger partial charge on any atom is 0.337 e. The van der Waals surface area contributed by atoms with E-state index in [1.54, 1.807) is 36.4 Å². The van der Waals surface area contributed by atoms with Crippen molar-refractivity contribution in [2.45, 2.75) is 0 Å². The number of fused-ring (bicyclic) bond motifs is 3. The molecule has 0 unspecified atom stereocenters. The fourth-order valence-electron chi connectivity index (χ4n) is 4.82. The van der Waals surface area contributed by atoms with E-state index >= 15 is 0 Å². The predicted octanol–water partition coefficient (Wildman–Crippen LogP) is 8.09. The molecule has 0 radical (unpaired) electrons. The normalized spacial score (nSPS) is 11.3. The van der Waals surface area contributed by atoms with Gasteiger partial charge in [0, 0.05) is 10.8 Å². The average molecular weight is 475 g/mol. The van der Waals surface area contributed by atoms with Crippen molar-refractivity contribution in [3.63, 3.8) is 0 Å². The van der Waals surface area contributed by atoms with Crippen molar-refractivity contribution >= 4 is 27.8 Å². The fraction of sp³-hybridized carbons (Fsp3) is 0. The molecule has 6 aromatic rings. The van der Waals surface area contributed by atoms with E-state index in [9.17, 15) is 18.7 Å². The van der Waals surface area contributed by atoms with Crippen LogP contribution in [0.5, 0.6) is 0 Å². The van der Waals surface area contributed by atoms with Crippen molar-refractivity contribution in [1.29, 1.82) is 0 Å². The van der Waals surface area contributed by atoms with Crippen LogP contribution in [0.2, 0.25) is 0 Å². The molecule has 1 N–H and O–H groups in total. The number of aromatic carboxylic acids is 1. The number of para-hydroxylation sites is 1. The molecule has 1 aromatic heterocycles. The zero-order valence-corrected chi connectivity index (χ0v) is 19.0. The summed E-state index contributed by atoms with van der Waals surface area (Å²) in [5, 5.41) is 11.8. The number of hydrogen-bond donors (Lipinski definition) is 1. The Kier molecular flexibility index (Phi) is 5.11. The first-order valence-corrected chi connectivity index (χ1v) is 11.4. The highest BCUT2D eigenvalue weighted by Crippen LogP contribution is 2.37. The third kappa shape index (κ3) is 3.62. The van der Waals surface area contributed by atoms with Gasteiger partial charge in [-0.05, 0) is 70.8 Å². The lowest BCUT2D eigenvalue weighted by Crippen LogP contribution is -2.05. The minimum Gasteiger partial charge on any atom is -0.478 e. The van der Waals surface area contributed by atoms with Crippen molar-refractivity contribution < 1.29 is 18.7 Å². The van der Waals surface area contributed by atoms with E-state index in [2.05, 4.69) is 0 Å². The third-order valence-corrected chi connectivity index (χ3v) is 6.46. The third-order valence-electron chi connectivity index (χ3n) is 6.46. The van der Waals surface area contributed by atoms with Gasteiger partial charge in [0.05, 0.1) is 22.3 Å². The lowest BCUT2D eigenvalue weighted by atomic mass is 10.0. The minimum atomic E-state index is -1.04. The Bertz CT molecular complexity index is 1700. The second-order valence-electron chi connectivity index (χ2n) is 8.64. The van der Waals surface area contributed by atoms with Crippen molar-refractivity contribution in [2.75, 3.05) is 0 Å². The number of nitrogens with zero attached hydrogens (tertiary/aromatic N) is 1. The summed E-state index contributed by atoms with van der Waals surface area (Å²) >= 11 is 0. The number of carboxylic acid groups (broad SMARTS) is 1. The van der Waals surface area contributed by atoms with Gasteiger partial charge in [-0.1, -0.05) is 60.7 Å². The molecule has 0 atom stereocenters. The molecule has 0 spiro atoms. The zero-order valence-electron chi connectivity index (χ0n) is 19.0. The van der Waals surface area contributed by atoms with Gasteiger partial charge in [0.2, 0.25) is 0 Å². The largest absolute Gasteiger partial charge is 0.478 e. The Hall–Kier alpha value is -4.77. The van der Waals surface area contributed by atoms with Crippen LogP contribution in [0.3, 0.4) is 0 Å². The molecule has 0 fully saturated rings. The molecule has 0 aliphatic carbocycles. The monoisotopic (exact) mass is 475 g/mol.